The topological polar surface area (TPSA) is 123 Å². The molecule has 0 radical (unpaired) electrons. The number of hydrazone groups is 1. The minimum Gasteiger partial charge on any atom is -0.483 e. The summed E-state index contributed by atoms with van der Waals surface area (Å²) in [7, 11) is 0. The van der Waals surface area contributed by atoms with Gasteiger partial charge in [0.15, 0.2) is 6.61 Å². The predicted molar refractivity (Wildman–Crippen MR) is 125 cm³/mol. The van der Waals surface area contributed by atoms with Crippen molar-refractivity contribution in [3.8, 4) is 5.75 Å². The third-order valence-electron chi connectivity index (χ3n) is 4.63. The van der Waals surface area contributed by atoms with Crippen LogP contribution in [0.1, 0.15) is 27.0 Å². The number of non-ortho nitro benzene ring substituents is 1. The Morgan fingerprint density at radius 3 is 2.64 bits per heavy atom. The highest BCUT2D eigenvalue weighted by Gasteiger charge is 2.11. The number of nitro benzene ring substituents is 1. The maximum Gasteiger partial charge on any atom is 0.271 e. The van der Waals surface area contributed by atoms with Crippen molar-refractivity contribution in [3.05, 3.63) is 99.1 Å². The summed E-state index contributed by atoms with van der Waals surface area (Å²) >= 11 is 0. The minimum absolute atomic E-state index is 0.106. The van der Waals surface area contributed by atoms with E-state index in [4.69, 9.17) is 4.74 Å². The van der Waals surface area contributed by atoms with Gasteiger partial charge in [0.25, 0.3) is 17.5 Å². The standard InChI is InChI=1S/C24H22N4O5/c1-16-10-11-17(2)21(12-16)26-23(29)15-33-22-9-4-3-6-19(22)14-25-27-24(30)18-7-5-8-20(13-18)28(31)32/h3-14H,15H2,1-2H3,(H,26,29)(H,27,30)/b25-14+. The molecule has 33 heavy (non-hydrogen) atoms. The Labute approximate surface area is 190 Å². The Morgan fingerprint density at radius 1 is 1.06 bits per heavy atom. The molecule has 2 N–H and O–H groups in total. The van der Waals surface area contributed by atoms with Crippen molar-refractivity contribution in [1.29, 1.82) is 0 Å². The molecular formula is C24H22N4O5. The summed E-state index contributed by atoms with van der Waals surface area (Å²) in [6.45, 7) is 3.64. The molecule has 3 rings (SSSR count). The SMILES string of the molecule is Cc1ccc(C)c(NC(=O)COc2ccccc2/C=N/NC(=O)c2cccc([N+](=O)[O-])c2)c1. The molecule has 9 nitrogen and oxygen atoms in total. The number of rotatable bonds is 8. The molecule has 0 bridgehead atoms. The van der Waals surface area contributed by atoms with Gasteiger partial charge in [0.05, 0.1) is 11.1 Å². The van der Waals surface area contributed by atoms with Gasteiger partial charge in [-0.25, -0.2) is 5.43 Å². The molecule has 0 aliphatic carbocycles. The van der Waals surface area contributed by atoms with Crippen molar-refractivity contribution in [2.24, 2.45) is 5.10 Å². The molecule has 0 fully saturated rings. The van der Waals surface area contributed by atoms with Gasteiger partial charge in [0, 0.05) is 28.9 Å². The maximum absolute atomic E-state index is 12.3. The van der Waals surface area contributed by atoms with Crippen LogP contribution in [-0.2, 0) is 4.79 Å². The van der Waals surface area contributed by atoms with Crippen molar-refractivity contribution in [3.63, 3.8) is 0 Å². The second kappa shape index (κ2) is 10.7. The molecule has 3 aromatic rings. The number of carbonyl (C=O) groups is 2. The first-order valence-electron chi connectivity index (χ1n) is 10.0. The van der Waals surface area contributed by atoms with Gasteiger partial charge in [0.2, 0.25) is 0 Å². The molecule has 9 heteroatoms. The second-order valence-corrected chi connectivity index (χ2v) is 7.20. The summed E-state index contributed by atoms with van der Waals surface area (Å²) in [6, 6.07) is 18.0. The van der Waals surface area contributed by atoms with Gasteiger partial charge in [0.1, 0.15) is 5.75 Å². The highest BCUT2D eigenvalue weighted by molar-refractivity contribution is 5.96. The Hall–Kier alpha value is -4.53. The quantitative estimate of drug-likeness (QED) is 0.308. The number of nitro groups is 1. The second-order valence-electron chi connectivity index (χ2n) is 7.20. The van der Waals surface area contributed by atoms with Crippen molar-refractivity contribution in [2.75, 3.05) is 11.9 Å². The number of ether oxygens (including phenoxy) is 1. The summed E-state index contributed by atoms with van der Waals surface area (Å²) < 4.78 is 5.63. The number of carbonyl (C=O) groups excluding carboxylic acids is 2. The Kier molecular flexibility index (Phi) is 7.48. The highest BCUT2D eigenvalue weighted by Crippen LogP contribution is 2.18. The zero-order valence-corrected chi connectivity index (χ0v) is 18.1. The lowest BCUT2D eigenvalue weighted by Crippen LogP contribution is -2.21. The van der Waals surface area contributed by atoms with Crippen LogP contribution in [0.2, 0.25) is 0 Å². The van der Waals surface area contributed by atoms with E-state index in [1.165, 1.54) is 24.4 Å². The lowest BCUT2D eigenvalue weighted by atomic mass is 10.1. The summed E-state index contributed by atoms with van der Waals surface area (Å²) in [6.07, 6.45) is 1.37. The van der Waals surface area contributed by atoms with E-state index in [-0.39, 0.29) is 23.8 Å². The Bertz CT molecular complexity index is 1220. The van der Waals surface area contributed by atoms with Crippen LogP contribution >= 0.6 is 0 Å². The van der Waals surface area contributed by atoms with E-state index in [2.05, 4.69) is 15.8 Å². The number of benzene rings is 3. The first-order valence-corrected chi connectivity index (χ1v) is 10.0. The average Bonchev–Trinajstić information content (AvgIpc) is 2.80. The van der Waals surface area contributed by atoms with E-state index >= 15 is 0 Å². The van der Waals surface area contributed by atoms with Gasteiger partial charge in [-0.1, -0.05) is 30.3 Å². The number of anilines is 1. The van der Waals surface area contributed by atoms with Gasteiger partial charge in [-0.3, -0.25) is 19.7 Å². The number of amides is 2. The molecule has 0 heterocycles. The molecule has 0 saturated heterocycles. The number of para-hydroxylation sites is 1. The van der Waals surface area contributed by atoms with E-state index < -0.39 is 10.8 Å². The van der Waals surface area contributed by atoms with Crippen LogP contribution in [0.5, 0.6) is 5.75 Å². The minimum atomic E-state index is -0.596. The fraction of sp³-hybridized carbons (Fsp3) is 0.125. The molecule has 0 unspecified atom stereocenters. The van der Waals surface area contributed by atoms with Crippen molar-refractivity contribution in [2.45, 2.75) is 13.8 Å². The number of nitrogens with zero attached hydrogens (tertiary/aromatic N) is 2. The van der Waals surface area contributed by atoms with Gasteiger partial charge in [-0.15, -0.1) is 0 Å². The van der Waals surface area contributed by atoms with Crippen LogP contribution in [0.3, 0.4) is 0 Å². The van der Waals surface area contributed by atoms with E-state index in [1.54, 1.807) is 24.3 Å². The molecule has 0 aromatic heterocycles. The zero-order chi connectivity index (χ0) is 23.8. The average molecular weight is 446 g/mol. The molecule has 0 aliphatic rings. The Morgan fingerprint density at radius 2 is 1.85 bits per heavy atom. The summed E-state index contributed by atoms with van der Waals surface area (Å²) in [5, 5.41) is 17.6. The first-order chi connectivity index (χ1) is 15.8. The van der Waals surface area contributed by atoms with Gasteiger partial charge in [-0.2, -0.15) is 5.10 Å². The van der Waals surface area contributed by atoms with E-state index in [0.717, 1.165) is 22.9 Å². The zero-order valence-electron chi connectivity index (χ0n) is 18.1. The fourth-order valence-electron chi connectivity index (χ4n) is 2.90. The summed E-state index contributed by atoms with van der Waals surface area (Å²) in [5.74, 6) is -0.502. The lowest BCUT2D eigenvalue weighted by Gasteiger charge is -2.11. The van der Waals surface area contributed by atoms with Crippen molar-refractivity contribution < 1.29 is 19.2 Å². The molecule has 0 aliphatic heterocycles. The number of aryl methyl sites for hydroxylation is 2. The van der Waals surface area contributed by atoms with Crippen molar-refractivity contribution in [1.82, 2.24) is 5.43 Å². The molecular weight excluding hydrogens is 424 g/mol. The summed E-state index contributed by atoms with van der Waals surface area (Å²) in [5.41, 5.74) is 5.48. The van der Waals surface area contributed by atoms with Crippen LogP contribution in [0.4, 0.5) is 11.4 Å². The van der Waals surface area contributed by atoms with Gasteiger partial charge < -0.3 is 10.1 Å². The maximum atomic E-state index is 12.3. The fourth-order valence-corrected chi connectivity index (χ4v) is 2.90. The normalized spacial score (nSPS) is 10.6. The largest absolute Gasteiger partial charge is 0.483 e. The van der Waals surface area contributed by atoms with Gasteiger partial charge in [-0.05, 0) is 49.2 Å². The molecule has 3 aromatic carbocycles. The van der Waals surface area contributed by atoms with Crippen LogP contribution in [-0.4, -0.2) is 29.6 Å². The first kappa shape index (κ1) is 23.1. The molecule has 0 saturated carbocycles. The molecule has 2 amide bonds. The molecule has 0 atom stereocenters. The number of hydrogen-bond donors (Lipinski definition) is 2. The monoisotopic (exact) mass is 446 g/mol. The number of hydrogen-bond acceptors (Lipinski definition) is 6. The third kappa shape index (κ3) is 6.47. The summed E-state index contributed by atoms with van der Waals surface area (Å²) in [4.78, 5) is 34.8. The van der Waals surface area contributed by atoms with E-state index in [9.17, 15) is 19.7 Å². The van der Waals surface area contributed by atoms with Crippen LogP contribution in [0, 0.1) is 24.0 Å². The third-order valence-corrected chi connectivity index (χ3v) is 4.63. The smallest absolute Gasteiger partial charge is 0.271 e. The highest BCUT2D eigenvalue weighted by atomic mass is 16.6. The van der Waals surface area contributed by atoms with Crippen molar-refractivity contribution >= 4 is 29.4 Å². The Balaban J connectivity index is 1.60. The lowest BCUT2D eigenvalue weighted by molar-refractivity contribution is -0.384. The number of nitrogens with one attached hydrogen (secondary N) is 2. The van der Waals surface area contributed by atoms with Crippen LogP contribution < -0.4 is 15.5 Å². The van der Waals surface area contributed by atoms with E-state index in [0.29, 0.717) is 11.3 Å². The molecule has 168 valence electrons. The van der Waals surface area contributed by atoms with Crippen LogP contribution in [0.25, 0.3) is 0 Å². The van der Waals surface area contributed by atoms with E-state index in [1.807, 2.05) is 32.0 Å². The predicted octanol–water partition coefficient (Wildman–Crippen LogP) is 3.99. The van der Waals surface area contributed by atoms with Crippen LogP contribution in [0.15, 0.2) is 71.8 Å². The van der Waals surface area contributed by atoms with Gasteiger partial charge >= 0.3 is 0 Å². The molecule has 0 spiro atoms.